The Morgan fingerprint density at radius 3 is 3.03 bits per heavy atom. The maximum absolute atomic E-state index is 13.8. The summed E-state index contributed by atoms with van der Waals surface area (Å²) in [6.07, 6.45) is 5.70. The smallest absolute Gasteiger partial charge is 0.158 e. The summed E-state index contributed by atoms with van der Waals surface area (Å²) in [4.78, 5) is 6.56. The lowest BCUT2D eigenvalue weighted by Crippen LogP contribution is -2.43. The highest BCUT2D eigenvalue weighted by Gasteiger charge is 2.21. The number of anilines is 1. The third kappa shape index (κ3) is 3.62. The van der Waals surface area contributed by atoms with Crippen LogP contribution in [0.25, 0.3) is 32.1 Å². The van der Waals surface area contributed by atoms with Crippen molar-refractivity contribution in [1.29, 1.82) is 0 Å². The predicted molar refractivity (Wildman–Crippen MR) is 118 cm³/mol. The third-order valence-electron chi connectivity index (χ3n) is 5.65. The average molecular weight is 424 g/mol. The molecule has 154 valence electrons. The number of benzene rings is 1. The van der Waals surface area contributed by atoms with Gasteiger partial charge in [0.25, 0.3) is 0 Å². The van der Waals surface area contributed by atoms with E-state index >= 15 is 0 Å². The number of rotatable bonds is 5. The van der Waals surface area contributed by atoms with E-state index in [0.29, 0.717) is 11.9 Å². The van der Waals surface area contributed by atoms with Crippen LogP contribution in [0.5, 0.6) is 0 Å². The lowest BCUT2D eigenvalue weighted by molar-refractivity contribution is 0.166. The zero-order valence-corrected chi connectivity index (χ0v) is 17.2. The number of aliphatic hydroxyl groups excluding tert-OH is 1. The van der Waals surface area contributed by atoms with Crippen LogP contribution in [0.4, 0.5) is 10.2 Å². The molecule has 2 N–H and O–H groups in total. The third-order valence-corrected chi connectivity index (χ3v) is 6.56. The fourth-order valence-corrected chi connectivity index (χ4v) is 5.02. The summed E-state index contributed by atoms with van der Waals surface area (Å²) in [5.74, 6) is 0.532. The van der Waals surface area contributed by atoms with Crippen LogP contribution >= 0.6 is 11.3 Å². The molecule has 5 rings (SSSR count). The molecule has 0 bridgehead atoms. The fourth-order valence-electron chi connectivity index (χ4n) is 4.17. The van der Waals surface area contributed by atoms with Crippen molar-refractivity contribution in [2.24, 2.45) is 0 Å². The van der Waals surface area contributed by atoms with E-state index < -0.39 is 0 Å². The lowest BCUT2D eigenvalue weighted by Gasteiger charge is -2.33. The number of fused-ring (bicyclic) bond motifs is 2. The number of aromatic nitrogens is 3. The monoisotopic (exact) mass is 423 g/mol. The molecule has 1 atom stereocenters. The molecule has 30 heavy (non-hydrogen) atoms. The Balaban J connectivity index is 1.50. The van der Waals surface area contributed by atoms with Crippen molar-refractivity contribution in [2.75, 3.05) is 31.6 Å². The van der Waals surface area contributed by atoms with Crippen molar-refractivity contribution < 1.29 is 9.50 Å². The Labute approximate surface area is 177 Å². The van der Waals surface area contributed by atoms with Crippen molar-refractivity contribution in [3.05, 3.63) is 47.9 Å². The van der Waals surface area contributed by atoms with Gasteiger partial charge in [0.15, 0.2) is 5.82 Å². The van der Waals surface area contributed by atoms with E-state index in [4.69, 9.17) is 0 Å². The van der Waals surface area contributed by atoms with Gasteiger partial charge in [-0.25, -0.2) is 4.39 Å². The first kappa shape index (κ1) is 19.3. The van der Waals surface area contributed by atoms with Crippen molar-refractivity contribution in [2.45, 2.75) is 18.9 Å². The van der Waals surface area contributed by atoms with Gasteiger partial charge in [-0.3, -0.25) is 9.88 Å². The molecule has 8 heteroatoms. The number of hydrogen-bond donors (Lipinski definition) is 2. The summed E-state index contributed by atoms with van der Waals surface area (Å²) in [5, 5.41) is 25.8. The number of nitrogens with zero attached hydrogens (tertiary/aromatic N) is 4. The number of thiophene rings is 1. The second-order valence-electron chi connectivity index (χ2n) is 7.62. The number of β-amino-alcohol motifs (C(OH)–C–C–N with tert-alkyl or cyclic N) is 1. The second kappa shape index (κ2) is 8.22. The topological polar surface area (TPSA) is 74.2 Å². The highest BCUT2D eigenvalue weighted by atomic mass is 32.1. The van der Waals surface area contributed by atoms with Crippen LogP contribution in [0.2, 0.25) is 0 Å². The quantitative estimate of drug-likeness (QED) is 0.507. The number of pyridine rings is 1. The first-order chi connectivity index (χ1) is 14.7. The van der Waals surface area contributed by atoms with Gasteiger partial charge in [0, 0.05) is 63.3 Å². The Morgan fingerprint density at radius 1 is 1.20 bits per heavy atom. The molecule has 1 aromatic carbocycles. The highest BCUT2D eigenvalue weighted by molar-refractivity contribution is 7.17. The zero-order valence-electron chi connectivity index (χ0n) is 16.4. The maximum Gasteiger partial charge on any atom is 0.158 e. The molecule has 0 spiro atoms. The minimum Gasteiger partial charge on any atom is -0.395 e. The molecule has 0 amide bonds. The van der Waals surface area contributed by atoms with Crippen LogP contribution < -0.4 is 5.32 Å². The normalized spacial score (nSPS) is 17.6. The van der Waals surface area contributed by atoms with Crippen molar-refractivity contribution in [3.63, 3.8) is 0 Å². The Kier molecular flexibility index (Phi) is 5.28. The van der Waals surface area contributed by atoms with Gasteiger partial charge < -0.3 is 10.4 Å². The molecular weight excluding hydrogens is 401 g/mol. The Morgan fingerprint density at radius 2 is 2.13 bits per heavy atom. The molecule has 1 saturated heterocycles. The molecular formula is C22H22FN5OS. The number of hydrogen-bond acceptors (Lipinski definition) is 7. The standard InChI is InChI=1S/C22H22FN5OS/c23-19-13-30-20-10-14(3-4-17(19)20)21-16-5-6-24-11-18(16)22(27-26-21)25-15-2-1-7-28(12-15)8-9-29/h3-6,10-11,13,15,29H,1-2,7-9,12H2,(H,25,27)/t15-/m1/s1. The lowest BCUT2D eigenvalue weighted by atomic mass is 10.0. The Hall–Kier alpha value is -2.68. The second-order valence-corrected chi connectivity index (χ2v) is 8.53. The fraction of sp³-hybridized carbons (Fsp3) is 0.318. The number of piperidine rings is 1. The summed E-state index contributed by atoms with van der Waals surface area (Å²) in [6.45, 7) is 2.74. The largest absolute Gasteiger partial charge is 0.395 e. The summed E-state index contributed by atoms with van der Waals surface area (Å²) in [6, 6.07) is 7.86. The zero-order chi connectivity index (χ0) is 20.5. The van der Waals surface area contributed by atoms with Gasteiger partial charge in [-0.15, -0.1) is 21.5 Å². The molecule has 1 fully saturated rings. The van der Waals surface area contributed by atoms with E-state index in [2.05, 4.69) is 25.4 Å². The molecule has 3 aromatic heterocycles. The van der Waals surface area contributed by atoms with Crippen molar-refractivity contribution in [3.8, 4) is 11.3 Å². The van der Waals surface area contributed by atoms with Gasteiger partial charge in [0.2, 0.25) is 0 Å². The molecule has 6 nitrogen and oxygen atoms in total. The van der Waals surface area contributed by atoms with Crippen LogP contribution in [0.15, 0.2) is 42.0 Å². The van der Waals surface area contributed by atoms with Crippen molar-refractivity contribution >= 4 is 38.0 Å². The van der Waals surface area contributed by atoms with Gasteiger partial charge in [-0.2, -0.15) is 0 Å². The highest BCUT2D eigenvalue weighted by Crippen LogP contribution is 2.33. The SMILES string of the molecule is OCCN1CCC[C@@H](Nc2nnc(-c3ccc4c(F)csc4c3)c3ccncc23)C1. The first-order valence-electron chi connectivity index (χ1n) is 10.1. The number of halogens is 1. The number of nitrogens with one attached hydrogen (secondary N) is 1. The molecule has 0 unspecified atom stereocenters. The minimum atomic E-state index is -0.191. The van der Waals surface area contributed by atoms with Crippen molar-refractivity contribution in [1.82, 2.24) is 20.1 Å². The molecule has 0 radical (unpaired) electrons. The van der Waals surface area contributed by atoms with E-state index in [0.717, 1.165) is 58.5 Å². The first-order valence-corrected chi connectivity index (χ1v) is 11.0. The summed E-state index contributed by atoms with van der Waals surface area (Å²) in [5.41, 5.74) is 1.67. The van der Waals surface area contributed by atoms with Gasteiger partial charge >= 0.3 is 0 Å². The van der Waals surface area contributed by atoms with E-state index in [1.165, 1.54) is 16.7 Å². The van der Waals surface area contributed by atoms with E-state index in [-0.39, 0.29) is 18.5 Å². The number of aliphatic hydroxyl groups is 1. The number of likely N-dealkylation sites (tertiary alicyclic amines) is 1. The van der Waals surface area contributed by atoms with Crippen LogP contribution in [0.1, 0.15) is 12.8 Å². The van der Waals surface area contributed by atoms with Gasteiger partial charge in [0.05, 0.1) is 6.61 Å². The van der Waals surface area contributed by atoms with Gasteiger partial charge in [0.1, 0.15) is 11.5 Å². The van der Waals surface area contributed by atoms with E-state index in [1.807, 2.05) is 24.4 Å². The Bertz CT molecular complexity index is 1190. The summed E-state index contributed by atoms with van der Waals surface area (Å²) in [7, 11) is 0. The average Bonchev–Trinajstić information content (AvgIpc) is 3.15. The van der Waals surface area contributed by atoms with Crippen LogP contribution in [-0.4, -0.2) is 57.5 Å². The maximum atomic E-state index is 13.8. The molecule has 0 saturated carbocycles. The molecule has 4 heterocycles. The summed E-state index contributed by atoms with van der Waals surface area (Å²) < 4.78 is 14.7. The molecule has 1 aliphatic heterocycles. The van der Waals surface area contributed by atoms with E-state index in [1.54, 1.807) is 12.3 Å². The molecule has 1 aliphatic rings. The van der Waals surface area contributed by atoms with Crippen LogP contribution in [0.3, 0.4) is 0 Å². The van der Waals surface area contributed by atoms with Crippen LogP contribution in [-0.2, 0) is 0 Å². The van der Waals surface area contributed by atoms with Gasteiger partial charge in [-0.1, -0.05) is 6.07 Å². The molecule has 0 aliphatic carbocycles. The van der Waals surface area contributed by atoms with Gasteiger partial charge in [-0.05, 0) is 37.6 Å². The predicted octanol–water partition coefficient (Wildman–Crippen LogP) is 3.91. The minimum absolute atomic E-state index is 0.173. The van der Waals surface area contributed by atoms with E-state index in [9.17, 15) is 9.50 Å². The summed E-state index contributed by atoms with van der Waals surface area (Å²) >= 11 is 1.39. The molecule has 4 aromatic rings. The van der Waals surface area contributed by atoms with Crippen LogP contribution in [0, 0.1) is 5.82 Å².